The third-order valence-corrected chi connectivity index (χ3v) is 3.20. The molecule has 2 rings (SSSR count). The molecule has 0 aromatic heterocycles. The maximum Gasteiger partial charge on any atom is 0.335 e. The van der Waals surface area contributed by atoms with Gasteiger partial charge in [-0.15, -0.1) is 0 Å². The predicted octanol–water partition coefficient (Wildman–Crippen LogP) is 3.52. The summed E-state index contributed by atoms with van der Waals surface area (Å²) in [6, 6.07) is 5.92. The Morgan fingerprint density at radius 3 is 2.61 bits per heavy atom. The van der Waals surface area contributed by atoms with Crippen molar-refractivity contribution in [3.05, 3.63) is 35.4 Å². The maximum absolute atomic E-state index is 14.8. The van der Waals surface area contributed by atoms with Crippen molar-refractivity contribution in [1.82, 2.24) is 0 Å². The molecular weight excluding hydrogens is 231 g/mol. The predicted molar refractivity (Wildman–Crippen MR) is 67.0 cm³/mol. The van der Waals surface area contributed by atoms with Crippen molar-refractivity contribution in [2.24, 2.45) is 0 Å². The lowest BCUT2D eigenvalue weighted by Gasteiger charge is -2.21. The molecule has 1 aliphatic carbocycles. The first kappa shape index (κ1) is 12.6. The van der Waals surface area contributed by atoms with E-state index in [0.29, 0.717) is 12.0 Å². The summed E-state index contributed by atoms with van der Waals surface area (Å²) >= 11 is 0. The summed E-state index contributed by atoms with van der Waals surface area (Å²) < 4.78 is 14.8. The highest BCUT2D eigenvalue weighted by molar-refractivity contribution is 5.87. The maximum atomic E-state index is 14.8. The molecule has 1 aliphatic rings. The molecule has 1 aromatic rings. The van der Waals surface area contributed by atoms with E-state index in [0.717, 1.165) is 25.7 Å². The van der Waals surface area contributed by atoms with Crippen molar-refractivity contribution >= 4 is 5.97 Å². The van der Waals surface area contributed by atoms with Crippen LogP contribution < -0.4 is 0 Å². The molecule has 0 radical (unpaired) electrons. The van der Waals surface area contributed by atoms with Crippen molar-refractivity contribution in [1.29, 1.82) is 0 Å². The normalized spacial score (nSPS) is 23.4. The third kappa shape index (κ3) is 2.70. The van der Waals surface area contributed by atoms with E-state index in [-0.39, 0.29) is 5.56 Å². The second-order valence-corrected chi connectivity index (χ2v) is 4.55. The minimum absolute atomic E-state index is 0.168. The number of carbonyl (C=O) groups is 1. The molecule has 0 fully saturated rings. The van der Waals surface area contributed by atoms with Crippen LogP contribution in [0.3, 0.4) is 0 Å². The van der Waals surface area contributed by atoms with Gasteiger partial charge in [0, 0.05) is 12.0 Å². The van der Waals surface area contributed by atoms with Gasteiger partial charge in [-0.2, -0.15) is 0 Å². The molecule has 1 aromatic carbocycles. The lowest BCUT2D eigenvalue weighted by atomic mass is 9.88. The Hall–Kier alpha value is -1.82. The molecule has 0 saturated heterocycles. The van der Waals surface area contributed by atoms with Crippen molar-refractivity contribution in [3.63, 3.8) is 0 Å². The first-order valence-corrected chi connectivity index (χ1v) is 6.15. The number of alkyl halides is 1. The number of aromatic carboxylic acids is 1. The molecular formula is C15H15FO2. The third-order valence-electron chi connectivity index (χ3n) is 3.20. The molecule has 2 nitrogen and oxygen atoms in total. The number of rotatable bonds is 2. The molecule has 18 heavy (non-hydrogen) atoms. The van der Waals surface area contributed by atoms with Gasteiger partial charge in [0.25, 0.3) is 0 Å². The number of halogens is 1. The fourth-order valence-corrected chi connectivity index (χ4v) is 2.12. The van der Waals surface area contributed by atoms with Gasteiger partial charge in [0.2, 0.25) is 0 Å². The number of carboxylic acid groups (broad SMARTS) is 1. The summed E-state index contributed by atoms with van der Waals surface area (Å²) in [4.78, 5) is 10.7. The molecule has 94 valence electrons. The van der Waals surface area contributed by atoms with E-state index in [9.17, 15) is 9.18 Å². The Labute approximate surface area is 106 Å². The number of benzene rings is 1. The fourth-order valence-electron chi connectivity index (χ4n) is 2.12. The Kier molecular flexibility index (Phi) is 3.66. The number of hydrogen-bond donors (Lipinski definition) is 1. The number of hydrogen-bond acceptors (Lipinski definition) is 1. The molecule has 0 saturated carbocycles. The zero-order chi connectivity index (χ0) is 13.0. The van der Waals surface area contributed by atoms with Gasteiger partial charge in [0.05, 0.1) is 5.56 Å². The minimum Gasteiger partial charge on any atom is -0.478 e. The second-order valence-electron chi connectivity index (χ2n) is 4.55. The molecule has 0 heterocycles. The van der Waals surface area contributed by atoms with Gasteiger partial charge in [0.15, 0.2) is 5.67 Å². The van der Waals surface area contributed by atoms with E-state index in [1.807, 2.05) is 0 Å². The number of carboxylic acids is 1. The van der Waals surface area contributed by atoms with Gasteiger partial charge in [-0.25, -0.2) is 9.18 Å². The Bertz CT molecular complexity index is 495. The van der Waals surface area contributed by atoms with Crippen LogP contribution in [0, 0.1) is 11.8 Å². The summed E-state index contributed by atoms with van der Waals surface area (Å²) in [7, 11) is 0. The highest BCUT2D eigenvalue weighted by Crippen LogP contribution is 2.32. The molecule has 1 atom stereocenters. The zero-order valence-electron chi connectivity index (χ0n) is 10.1. The summed E-state index contributed by atoms with van der Waals surface area (Å²) in [6.07, 6.45) is 3.95. The first-order chi connectivity index (χ1) is 8.62. The van der Waals surface area contributed by atoms with E-state index in [1.54, 1.807) is 0 Å². The van der Waals surface area contributed by atoms with E-state index in [4.69, 9.17) is 5.11 Å². The van der Waals surface area contributed by atoms with Gasteiger partial charge in [0.1, 0.15) is 0 Å². The van der Waals surface area contributed by atoms with Crippen LogP contribution >= 0.6 is 0 Å². The Morgan fingerprint density at radius 1 is 1.22 bits per heavy atom. The van der Waals surface area contributed by atoms with Crippen molar-refractivity contribution in [2.45, 2.75) is 37.8 Å². The van der Waals surface area contributed by atoms with Crippen LogP contribution in [-0.2, 0) is 5.67 Å². The van der Waals surface area contributed by atoms with E-state index in [1.165, 1.54) is 24.3 Å². The van der Waals surface area contributed by atoms with E-state index in [2.05, 4.69) is 11.8 Å². The van der Waals surface area contributed by atoms with Crippen LogP contribution in [0.4, 0.5) is 4.39 Å². The zero-order valence-corrected chi connectivity index (χ0v) is 10.1. The average molecular weight is 246 g/mol. The lowest BCUT2D eigenvalue weighted by molar-refractivity contribution is 0.0696. The summed E-state index contributed by atoms with van der Waals surface area (Å²) in [5.74, 6) is 4.57. The standard InChI is InChI=1S/C15H15FO2/c16-15(10-4-2-1-3-5-11-15)13-8-6-12(7-9-13)14(17)18/h6-9H,1-4,10H2,(H,17,18). The quantitative estimate of drug-likeness (QED) is 0.811. The fraction of sp³-hybridized carbons (Fsp3) is 0.400. The molecule has 1 N–H and O–H groups in total. The average Bonchev–Trinajstić information content (AvgIpc) is 2.34. The van der Waals surface area contributed by atoms with E-state index < -0.39 is 11.6 Å². The summed E-state index contributed by atoms with van der Waals surface area (Å²) in [5.41, 5.74) is -1.000. The molecule has 1 unspecified atom stereocenters. The van der Waals surface area contributed by atoms with Gasteiger partial charge in [-0.05, 0) is 31.4 Å². The summed E-state index contributed by atoms with van der Waals surface area (Å²) in [6.45, 7) is 0. The summed E-state index contributed by atoms with van der Waals surface area (Å²) in [5, 5.41) is 8.81. The molecule has 0 amide bonds. The van der Waals surface area contributed by atoms with Crippen LogP contribution in [0.25, 0.3) is 0 Å². The van der Waals surface area contributed by atoms with Gasteiger partial charge in [-0.3, -0.25) is 0 Å². The Balaban J connectivity index is 2.30. The van der Waals surface area contributed by atoms with Crippen LogP contribution in [0.1, 0.15) is 48.0 Å². The van der Waals surface area contributed by atoms with Crippen LogP contribution in [0.15, 0.2) is 24.3 Å². The molecule has 0 spiro atoms. The SMILES string of the molecule is O=C(O)c1ccc(C2(F)C#CCCCCC2)cc1. The highest BCUT2D eigenvalue weighted by atomic mass is 19.1. The smallest absolute Gasteiger partial charge is 0.335 e. The monoisotopic (exact) mass is 246 g/mol. The van der Waals surface area contributed by atoms with Crippen molar-refractivity contribution in [3.8, 4) is 11.8 Å². The largest absolute Gasteiger partial charge is 0.478 e. The highest BCUT2D eigenvalue weighted by Gasteiger charge is 2.29. The second kappa shape index (κ2) is 5.22. The molecule has 0 aliphatic heterocycles. The van der Waals surface area contributed by atoms with Crippen molar-refractivity contribution < 1.29 is 14.3 Å². The lowest BCUT2D eigenvalue weighted by Crippen LogP contribution is -2.18. The minimum atomic E-state index is -1.63. The van der Waals surface area contributed by atoms with Crippen LogP contribution in [0.5, 0.6) is 0 Å². The first-order valence-electron chi connectivity index (χ1n) is 6.15. The van der Waals surface area contributed by atoms with Gasteiger partial charge < -0.3 is 5.11 Å². The van der Waals surface area contributed by atoms with Crippen LogP contribution in [-0.4, -0.2) is 11.1 Å². The van der Waals surface area contributed by atoms with Gasteiger partial charge in [-0.1, -0.05) is 30.4 Å². The molecule has 3 heteroatoms. The topological polar surface area (TPSA) is 37.3 Å². The molecule has 0 bridgehead atoms. The van der Waals surface area contributed by atoms with Gasteiger partial charge >= 0.3 is 5.97 Å². The van der Waals surface area contributed by atoms with E-state index >= 15 is 0 Å². The van der Waals surface area contributed by atoms with Crippen LogP contribution in [0.2, 0.25) is 0 Å². The Morgan fingerprint density at radius 2 is 1.94 bits per heavy atom. The van der Waals surface area contributed by atoms with Crippen molar-refractivity contribution in [2.75, 3.05) is 0 Å².